The Hall–Kier alpha value is -2.19. The van der Waals surface area contributed by atoms with Gasteiger partial charge in [-0.2, -0.15) is 5.10 Å². The van der Waals surface area contributed by atoms with Crippen molar-refractivity contribution in [3.63, 3.8) is 0 Å². The molecule has 1 amide bonds. The first-order chi connectivity index (χ1) is 9.95. The number of hydrogen-bond acceptors (Lipinski definition) is 5. The average molecular weight is 321 g/mol. The number of carbonyl (C=O) groups excluding carboxylic acids is 1. The highest BCUT2D eigenvalue weighted by Gasteiger charge is 2.16. The van der Waals surface area contributed by atoms with Gasteiger partial charge in [0.05, 0.1) is 15.6 Å². The molecule has 0 aliphatic carbocycles. The number of rotatable bonds is 3. The van der Waals surface area contributed by atoms with Gasteiger partial charge in [-0.3, -0.25) is 9.48 Å². The summed E-state index contributed by atoms with van der Waals surface area (Å²) in [6, 6.07) is 4.87. The fourth-order valence-corrected chi connectivity index (χ4v) is 3.77. The van der Waals surface area contributed by atoms with E-state index in [9.17, 15) is 9.59 Å². The van der Waals surface area contributed by atoms with Gasteiger partial charge in [-0.15, -0.1) is 22.7 Å². The maximum atomic E-state index is 12.2. The van der Waals surface area contributed by atoms with Gasteiger partial charge >= 0.3 is 5.97 Å². The molecule has 2 N–H and O–H groups in total. The number of fused-ring (bicyclic) bond motifs is 1. The Kier molecular flexibility index (Phi) is 3.26. The lowest BCUT2D eigenvalue weighted by Gasteiger charge is -1.98. The highest BCUT2D eigenvalue weighted by Crippen LogP contribution is 2.29. The van der Waals surface area contributed by atoms with Crippen molar-refractivity contribution in [1.82, 2.24) is 9.78 Å². The number of carbonyl (C=O) groups is 2. The molecule has 0 aliphatic heterocycles. The highest BCUT2D eigenvalue weighted by atomic mass is 32.1. The molecular weight excluding hydrogens is 310 g/mol. The van der Waals surface area contributed by atoms with Crippen molar-refractivity contribution in [2.45, 2.75) is 6.92 Å². The van der Waals surface area contributed by atoms with Crippen LogP contribution in [-0.2, 0) is 7.05 Å². The topological polar surface area (TPSA) is 84.2 Å². The molecule has 3 aromatic rings. The molecule has 0 bridgehead atoms. The lowest BCUT2D eigenvalue weighted by molar-refractivity contribution is 0.0702. The largest absolute Gasteiger partial charge is 0.477 e. The van der Waals surface area contributed by atoms with Crippen LogP contribution < -0.4 is 5.32 Å². The number of nitrogens with zero attached hydrogens (tertiary/aromatic N) is 2. The summed E-state index contributed by atoms with van der Waals surface area (Å²) in [5.74, 6) is -1.24. The average Bonchev–Trinajstić information content (AvgIpc) is 3.08. The lowest BCUT2D eigenvalue weighted by atomic mass is 10.3. The molecule has 0 saturated carbocycles. The summed E-state index contributed by atoms with van der Waals surface area (Å²) < 4.78 is 1.75. The summed E-state index contributed by atoms with van der Waals surface area (Å²) in [5.41, 5.74) is 0.882. The second-order valence-electron chi connectivity index (χ2n) is 4.46. The van der Waals surface area contributed by atoms with Crippen molar-refractivity contribution >= 4 is 49.8 Å². The van der Waals surface area contributed by atoms with Crippen LogP contribution in [0.4, 0.5) is 5.00 Å². The maximum absolute atomic E-state index is 12.2. The number of aromatic nitrogens is 2. The van der Waals surface area contributed by atoms with E-state index in [0.29, 0.717) is 9.88 Å². The van der Waals surface area contributed by atoms with Crippen molar-refractivity contribution < 1.29 is 14.7 Å². The number of aromatic carboxylic acids is 1. The summed E-state index contributed by atoms with van der Waals surface area (Å²) in [6.07, 6.45) is 0. The normalized spacial score (nSPS) is 11.0. The minimum atomic E-state index is -0.996. The van der Waals surface area contributed by atoms with Crippen LogP contribution in [0.2, 0.25) is 0 Å². The van der Waals surface area contributed by atoms with Crippen molar-refractivity contribution in [2.75, 3.05) is 5.32 Å². The Balaban J connectivity index is 1.86. The van der Waals surface area contributed by atoms with Crippen LogP contribution in [0.1, 0.15) is 25.0 Å². The van der Waals surface area contributed by atoms with Crippen LogP contribution >= 0.6 is 22.7 Å². The standard InChI is InChI=1S/C13H11N3O3S2/c1-6-7-5-9(21-12(7)16(2)15-6)11(17)14-10-4-3-8(20-10)13(18)19/h3-5H,1-2H3,(H,14,17)(H,18,19). The number of anilines is 1. The summed E-state index contributed by atoms with van der Waals surface area (Å²) in [6.45, 7) is 1.90. The van der Waals surface area contributed by atoms with E-state index in [2.05, 4.69) is 10.4 Å². The number of aryl methyl sites for hydroxylation is 2. The van der Waals surface area contributed by atoms with E-state index in [0.717, 1.165) is 27.2 Å². The number of nitrogens with one attached hydrogen (secondary N) is 1. The predicted molar refractivity (Wildman–Crippen MR) is 82.6 cm³/mol. The van der Waals surface area contributed by atoms with E-state index in [-0.39, 0.29) is 10.8 Å². The Bertz CT molecular complexity index is 825. The van der Waals surface area contributed by atoms with Gasteiger partial charge in [0.1, 0.15) is 9.71 Å². The van der Waals surface area contributed by atoms with Crippen molar-refractivity contribution in [2.24, 2.45) is 7.05 Å². The van der Waals surface area contributed by atoms with E-state index >= 15 is 0 Å². The minimum absolute atomic E-state index is 0.196. The molecule has 6 nitrogen and oxygen atoms in total. The minimum Gasteiger partial charge on any atom is -0.477 e. The van der Waals surface area contributed by atoms with Crippen molar-refractivity contribution in [3.8, 4) is 0 Å². The van der Waals surface area contributed by atoms with Crippen LogP contribution in [0.25, 0.3) is 10.2 Å². The summed E-state index contributed by atoms with van der Waals surface area (Å²) in [5, 5.41) is 17.4. The van der Waals surface area contributed by atoms with E-state index < -0.39 is 5.97 Å². The SMILES string of the molecule is Cc1nn(C)c2sc(C(=O)Nc3ccc(C(=O)O)s3)cc12. The molecule has 0 aliphatic rings. The van der Waals surface area contributed by atoms with Crippen LogP contribution in [0, 0.1) is 6.92 Å². The molecule has 108 valence electrons. The molecule has 3 heterocycles. The van der Waals surface area contributed by atoms with Gasteiger partial charge in [-0.05, 0) is 25.1 Å². The number of carboxylic acids is 1. The van der Waals surface area contributed by atoms with Gasteiger partial charge in [0.25, 0.3) is 5.91 Å². The fourth-order valence-electron chi connectivity index (χ4n) is 2.01. The first kappa shape index (κ1) is 13.8. The Morgan fingerprint density at radius 3 is 2.67 bits per heavy atom. The second kappa shape index (κ2) is 4.97. The second-order valence-corrected chi connectivity index (χ2v) is 6.58. The molecular formula is C13H11N3O3S2. The zero-order valence-electron chi connectivity index (χ0n) is 11.2. The third-order valence-corrected chi connectivity index (χ3v) is 5.16. The first-order valence-electron chi connectivity index (χ1n) is 6.03. The number of carboxylic acid groups (broad SMARTS) is 1. The summed E-state index contributed by atoms with van der Waals surface area (Å²) >= 11 is 2.40. The molecule has 0 unspecified atom stereocenters. The Labute approximate surface area is 127 Å². The van der Waals surface area contributed by atoms with E-state index in [1.165, 1.54) is 17.4 Å². The first-order valence-corrected chi connectivity index (χ1v) is 7.66. The predicted octanol–water partition coefficient (Wildman–Crippen LogP) is 2.96. The quantitative estimate of drug-likeness (QED) is 0.777. The van der Waals surface area contributed by atoms with Gasteiger partial charge < -0.3 is 10.4 Å². The molecule has 0 fully saturated rings. The van der Waals surface area contributed by atoms with E-state index in [1.807, 2.05) is 20.0 Å². The van der Waals surface area contributed by atoms with Gasteiger partial charge in [-0.25, -0.2) is 4.79 Å². The zero-order valence-corrected chi connectivity index (χ0v) is 12.8. The maximum Gasteiger partial charge on any atom is 0.345 e. The monoisotopic (exact) mass is 321 g/mol. The molecule has 0 spiro atoms. The molecule has 21 heavy (non-hydrogen) atoms. The molecule has 0 saturated heterocycles. The number of hydrogen-bond donors (Lipinski definition) is 2. The van der Waals surface area contributed by atoms with Crippen molar-refractivity contribution in [3.05, 3.63) is 33.6 Å². The molecule has 0 aromatic carbocycles. The van der Waals surface area contributed by atoms with Crippen molar-refractivity contribution in [1.29, 1.82) is 0 Å². The molecule has 3 aromatic heterocycles. The van der Waals surface area contributed by atoms with Gasteiger partial charge in [0.15, 0.2) is 0 Å². The Morgan fingerprint density at radius 2 is 2.05 bits per heavy atom. The molecule has 3 rings (SSSR count). The fraction of sp³-hybridized carbons (Fsp3) is 0.154. The third-order valence-electron chi connectivity index (χ3n) is 2.97. The van der Waals surface area contributed by atoms with Gasteiger partial charge in [0.2, 0.25) is 0 Å². The highest BCUT2D eigenvalue weighted by molar-refractivity contribution is 7.21. The van der Waals surface area contributed by atoms with E-state index in [4.69, 9.17) is 5.11 Å². The molecule has 0 radical (unpaired) electrons. The lowest BCUT2D eigenvalue weighted by Crippen LogP contribution is -2.08. The van der Waals surface area contributed by atoms with Crippen LogP contribution in [0.5, 0.6) is 0 Å². The third kappa shape index (κ3) is 2.43. The Morgan fingerprint density at radius 1 is 1.29 bits per heavy atom. The van der Waals surface area contributed by atoms with Crippen LogP contribution in [-0.4, -0.2) is 26.8 Å². The van der Waals surface area contributed by atoms with Crippen LogP contribution in [0.3, 0.4) is 0 Å². The van der Waals surface area contributed by atoms with Gasteiger partial charge in [-0.1, -0.05) is 0 Å². The molecule has 8 heteroatoms. The van der Waals surface area contributed by atoms with Crippen LogP contribution in [0.15, 0.2) is 18.2 Å². The molecule has 0 atom stereocenters. The summed E-state index contributed by atoms with van der Waals surface area (Å²) in [4.78, 5) is 24.7. The van der Waals surface area contributed by atoms with E-state index in [1.54, 1.807) is 10.7 Å². The number of amides is 1. The zero-order chi connectivity index (χ0) is 15.1. The number of thiophene rings is 2. The summed E-state index contributed by atoms with van der Waals surface area (Å²) in [7, 11) is 1.84. The van der Waals surface area contributed by atoms with Gasteiger partial charge in [0, 0.05) is 12.4 Å². The smallest absolute Gasteiger partial charge is 0.345 e.